The van der Waals surface area contributed by atoms with Gasteiger partial charge in [0.1, 0.15) is 12.4 Å². The maximum atomic E-state index is 5.87. The smallest absolute Gasteiger partial charge is 0.164 e. The summed E-state index contributed by atoms with van der Waals surface area (Å²) in [4.78, 5) is 4.14. The minimum atomic E-state index is 0.443. The largest absolute Gasteiger partial charge is 0.497 e. The minimum Gasteiger partial charge on any atom is -0.497 e. The van der Waals surface area contributed by atoms with E-state index in [-0.39, 0.29) is 0 Å². The van der Waals surface area contributed by atoms with Crippen LogP contribution in [0.5, 0.6) is 17.2 Å². The van der Waals surface area contributed by atoms with E-state index >= 15 is 0 Å². The molecular weight excluding hydrogens is 268 g/mol. The summed E-state index contributed by atoms with van der Waals surface area (Å²) < 4.78 is 18.3. The molecule has 3 aromatic rings. The summed E-state index contributed by atoms with van der Waals surface area (Å²) >= 11 is 0. The number of fused-ring (bicyclic) bond motifs is 1. The summed E-state index contributed by atoms with van der Waals surface area (Å²) in [6.45, 7) is 0.443. The third-order valence-electron chi connectivity index (χ3n) is 3.29. The number of nitrogens with zero attached hydrogens (tertiary/aromatic N) is 2. The van der Waals surface area contributed by atoms with E-state index in [4.69, 9.17) is 14.2 Å². The van der Waals surface area contributed by atoms with Crippen LogP contribution < -0.4 is 14.2 Å². The standard InChI is InChI=1S/C16H16N2O3/c1-19-13-5-6-15(16(8-13)20-2)21-10-12-4-3-7-18-11-17-9-14(12)18/h3-9,11H,10H2,1-2H3. The summed E-state index contributed by atoms with van der Waals surface area (Å²) in [5.74, 6) is 2.06. The first kappa shape index (κ1) is 13.3. The van der Waals surface area contributed by atoms with Crippen molar-refractivity contribution in [3.05, 3.63) is 54.6 Å². The second-order valence-electron chi connectivity index (χ2n) is 4.53. The molecule has 0 N–H and O–H groups in total. The van der Waals surface area contributed by atoms with Crippen molar-refractivity contribution in [2.24, 2.45) is 0 Å². The number of benzene rings is 1. The highest BCUT2D eigenvalue weighted by Gasteiger charge is 2.08. The normalized spacial score (nSPS) is 10.6. The fraction of sp³-hybridized carbons (Fsp3) is 0.188. The average Bonchev–Trinajstić information content (AvgIpc) is 3.01. The zero-order chi connectivity index (χ0) is 14.7. The van der Waals surface area contributed by atoms with Crippen molar-refractivity contribution in [3.63, 3.8) is 0 Å². The van der Waals surface area contributed by atoms with Gasteiger partial charge in [-0.3, -0.25) is 0 Å². The summed E-state index contributed by atoms with van der Waals surface area (Å²) in [7, 11) is 3.23. The number of pyridine rings is 1. The van der Waals surface area contributed by atoms with Crippen LogP contribution in [0.15, 0.2) is 49.1 Å². The molecule has 0 saturated carbocycles. The van der Waals surface area contributed by atoms with Gasteiger partial charge in [-0.25, -0.2) is 4.98 Å². The van der Waals surface area contributed by atoms with Gasteiger partial charge in [-0.15, -0.1) is 0 Å². The van der Waals surface area contributed by atoms with Crippen molar-refractivity contribution >= 4 is 5.52 Å². The van der Waals surface area contributed by atoms with Gasteiger partial charge in [-0.05, 0) is 18.2 Å². The topological polar surface area (TPSA) is 45.0 Å². The maximum Gasteiger partial charge on any atom is 0.164 e. The Balaban J connectivity index is 1.83. The van der Waals surface area contributed by atoms with Crippen molar-refractivity contribution in [1.29, 1.82) is 0 Å². The molecule has 0 amide bonds. The molecule has 5 heteroatoms. The van der Waals surface area contributed by atoms with E-state index in [1.54, 1.807) is 26.6 Å². The van der Waals surface area contributed by atoms with Gasteiger partial charge in [0.05, 0.1) is 32.3 Å². The van der Waals surface area contributed by atoms with Crippen LogP contribution in [0.2, 0.25) is 0 Å². The summed E-state index contributed by atoms with van der Waals surface area (Å²) in [6.07, 6.45) is 5.55. The van der Waals surface area contributed by atoms with Crippen LogP contribution in [0.4, 0.5) is 0 Å². The lowest BCUT2D eigenvalue weighted by Crippen LogP contribution is -1.99. The Bertz CT molecular complexity index is 752. The second-order valence-corrected chi connectivity index (χ2v) is 4.53. The highest BCUT2D eigenvalue weighted by Crippen LogP contribution is 2.31. The van der Waals surface area contributed by atoms with E-state index in [0.29, 0.717) is 18.1 Å². The molecule has 108 valence electrons. The predicted molar refractivity (Wildman–Crippen MR) is 79.1 cm³/mol. The molecule has 0 aliphatic carbocycles. The van der Waals surface area contributed by atoms with Crippen molar-refractivity contribution in [2.45, 2.75) is 6.61 Å². The van der Waals surface area contributed by atoms with Gasteiger partial charge in [0.2, 0.25) is 0 Å². The average molecular weight is 284 g/mol. The van der Waals surface area contributed by atoms with Gasteiger partial charge in [-0.1, -0.05) is 6.07 Å². The van der Waals surface area contributed by atoms with E-state index in [9.17, 15) is 0 Å². The Hall–Kier alpha value is -2.69. The summed E-state index contributed by atoms with van der Waals surface area (Å²) in [5, 5.41) is 0. The Morgan fingerprint density at radius 1 is 1.10 bits per heavy atom. The SMILES string of the molecule is COc1ccc(OCc2cccn3cncc23)c(OC)c1. The third kappa shape index (κ3) is 2.63. The Kier molecular flexibility index (Phi) is 3.64. The van der Waals surface area contributed by atoms with Crippen LogP contribution in [0.1, 0.15) is 5.56 Å². The van der Waals surface area contributed by atoms with Gasteiger partial charge in [0.25, 0.3) is 0 Å². The van der Waals surface area contributed by atoms with Crippen LogP contribution in [0.25, 0.3) is 5.52 Å². The molecule has 0 saturated heterocycles. The molecule has 3 rings (SSSR count). The molecule has 1 aromatic carbocycles. The fourth-order valence-corrected chi connectivity index (χ4v) is 2.18. The minimum absolute atomic E-state index is 0.443. The summed E-state index contributed by atoms with van der Waals surface area (Å²) in [5.41, 5.74) is 2.10. The molecule has 5 nitrogen and oxygen atoms in total. The van der Waals surface area contributed by atoms with Gasteiger partial charge < -0.3 is 18.6 Å². The Labute approximate surface area is 122 Å². The third-order valence-corrected chi connectivity index (χ3v) is 3.29. The predicted octanol–water partition coefficient (Wildman–Crippen LogP) is 2.93. The molecule has 0 unspecified atom stereocenters. The lowest BCUT2D eigenvalue weighted by molar-refractivity contribution is 0.284. The van der Waals surface area contributed by atoms with Crippen molar-refractivity contribution in [2.75, 3.05) is 14.2 Å². The van der Waals surface area contributed by atoms with Gasteiger partial charge in [-0.2, -0.15) is 0 Å². The van der Waals surface area contributed by atoms with Crippen LogP contribution >= 0.6 is 0 Å². The van der Waals surface area contributed by atoms with E-state index in [0.717, 1.165) is 16.8 Å². The van der Waals surface area contributed by atoms with Crippen molar-refractivity contribution in [1.82, 2.24) is 9.38 Å². The quantitative estimate of drug-likeness (QED) is 0.722. The molecule has 2 aromatic heterocycles. The summed E-state index contributed by atoms with van der Waals surface area (Å²) in [6, 6.07) is 9.48. The molecular formula is C16H16N2O3. The lowest BCUT2D eigenvalue weighted by Gasteiger charge is -2.12. The van der Waals surface area contributed by atoms with Crippen molar-refractivity contribution in [3.8, 4) is 17.2 Å². The molecule has 0 atom stereocenters. The van der Waals surface area contributed by atoms with Crippen LogP contribution in [-0.2, 0) is 6.61 Å². The van der Waals surface area contributed by atoms with Gasteiger partial charge in [0.15, 0.2) is 11.5 Å². The monoisotopic (exact) mass is 284 g/mol. The Morgan fingerprint density at radius 3 is 2.81 bits per heavy atom. The molecule has 0 radical (unpaired) electrons. The molecule has 2 heterocycles. The number of hydrogen-bond acceptors (Lipinski definition) is 4. The fourth-order valence-electron chi connectivity index (χ4n) is 2.18. The Morgan fingerprint density at radius 2 is 2.00 bits per heavy atom. The first-order valence-electron chi connectivity index (χ1n) is 6.56. The van der Waals surface area contributed by atoms with Gasteiger partial charge >= 0.3 is 0 Å². The number of ether oxygens (including phenoxy) is 3. The zero-order valence-corrected chi connectivity index (χ0v) is 11.9. The number of methoxy groups -OCH3 is 2. The lowest BCUT2D eigenvalue weighted by atomic mass is 10.2. The first-order valence-corrected chi connectivity index (χ1v) is 6.56. The van der Waals surface area contributed by atoms with Crippen LogP contribution in [-0.4, -0.2) is 23.6 Å². The molecule has 0 aliphatic heterocycles. The number of aromatic nitrogens is 2. The van der Waals surface area contributed by atoms with Crippen LogP contribution in [0.3, 0.4) is 0 Å². The van der Waals surface area contributed by atoms with Gasteiger partial charge in [0, 0.05) is 17.8 Å². The zero-order valence-electron chi connectivity index (χ0n) is 11.9. The van der Waals surface area contributed by atoms with Crippen LogP contribution in [0, 0.1) is 0 Å². The first-order chi connectivity index (χ1) is 10.3. The van der Waals surface area contributed by atoms with E-state index in [1.165, 1.54) is 0 Å². The number of hydrogen-bond donors (Lipinski definition) is 0. The maximum absolute atomic E-state index is 5.87. The molecule has 0 spiro atoms. The number of rotatable bonds is 5. The van der Waals surface area contributed by atoms with E-state index in [2.05, 4.69) is 4.98 Å². The van der Waals surface area contributed by atoms with Crippen molar-refractivity contribution < 1.29 is 14.2 Å². The molecule has 21 heavy (non-hydrogen) atoms. The molecule has 0 aliphatic rings. The molecule has 0 bridgehead atoms. The molecule has 0 fully saturated rings. The highest BCUT2D eigenvalue weighted by atomic mass is 16.5. The van der Waals surface area contributed by atoms with E-state index in [1.807, 2.05) is 41.1 Å². The highest BCUT2D eigenvalue weighted by molar-refractivity contribution is 5.53. The number of imidazole rings is 1. The second kappa shape index (κ2) is 5.75. The van der Waals surface area contributed by atoms with E-state index < -0.39 is 0 Å².